The van der Waals surface area contributed by atoms with E-state index in [0.717, 1.165) is 64.7 Å². The Morgan fingerprint density at radius 2 is 1.16 bits per heavy atom. The highest BCUT2D eigenvalue weighted by atomic mass is 19.1. The summed E-state index contributed by atoms with van der Waals surface area (Å²) in [7, 11) is 0. The number of anilines is 1. The van der Waals surface area contributed by atoms with Crippen molar-refractivity contribution >= 4 is 71.3 Å². The summed E-state index contributed by atoms with van der Waals surface area (Å²) in [6, 6.07) is 4.33. The number of ether oxygens (including phenoxy) is 14. The average molecular weight is 1130 g/mol. The molecule has 2 aromatic carbocycles. The Balaban J connectivity index is 1.43. The number of hydrogen-bond donors (Lipinski definition) is 0. The van der Waals surface area contributed by atoms with Gasteiger partial charge in [0.25, 0.3) is 0 Å². The topological polar surface area (TPSA) is 323 Å². The number of carbonyl (C=O) groups excluding carboxylic acids is 11. The van der Waals surface area contributed by atoms with Crippen LogP contribution >= 0.6 is 0 Å². The van der Waals surface area contributed by atoms with Crippen molar-refractivity contribution in [2.24, 2.45) is 5.92 Å². The molecule has 0 amide bonds. The Labute approximate surface area is 453 Å². The van der Waals surface area contributed by atoms with Crippen molar-refractivity contribution in [3.05, 3.63) is 58.7 Å². The number of fused-ring (bicyclic) bond motifs is 6. The van der Waals surface area contributed by atoms with Gasteiger partial charge in [-0.15, -0.1) is 0 Å². The summed E-state index contributed by atoms with van der Waals surface area (Å²) in [5, 5.41) is 0. The van der Waals surface area contributed by atoms with E-state index in [1.807, 2.05) is 0 Å². The lowest BCUT2D eigenvalue weighted by Gasteiger charge is -2.47. The number of carbonyl (C=O) groups is 11. The van der Waals surface area contributed by atoms with E-state index in [1.165, 1.54) is 17.0 Å². The van der Waals surface area contributed by atoms with Crippen LogP contribution in [0.4, 0.5) is 14.5 Å². The second-order valence-corrected chi connectivity index (χ2v) is 18.1. The lowest BCUT2D eigenvalue weighted by molar-refractivity contribution is -0.170. The van der Waals surface area contributed by atoms with Gasteiger partial charge in [-0.3, -0.25) is 52.8 Å². The van der Waals surface area contributed by atoms with Gasteiger partial charge in [-0.05, 0) is 43.5 Å². The van der Waals surface area contributed by atoms with Gasteiger partial charge in [0, 0.05) is 71.7 Å². The van der Waals surface area contributed by atoms with Gasteiger partial charge in [0.2, 0.25) is 27.2 Å². The highest BCUT2D eigenvalue weighted by molar-refractivity contribution is 5.98. The molecule has 0 aromatic heterocycles. The maximum absolute atomic E-state index is 16.2. The Hall–Kier alpha value is -8.47. The molecule has 4 unspecified atom stereocenters. The molecule has 4 aliphatic rings. The molecule has 2 aliphatic carbocycles. The molecule has 80 heavy (non-hydrogen) atoms. The number of esters is 11. The normalized spacial score (nSPS) is 20.2. The summed E-state index contributed by atoms with van der Waals surface area (Å²) in [4.78, 5) is 139. The lowest BCUT2D eigenvalue weighted by atomic mass is 9.68. The summed E-state index contributed by atoms with van der Waals surface area (Å²) >= 11 is 0. The smallest absolute Gasteiger partial charge is 0.339 e. The van der Waals surface area contributed by atoms with Crippen molar-refractivity contribution in [1.82, 2.24) is 4.90 Å². The minimum Gasteiger partial charge on any atom is -0.489 e. The minimum atomic E-state index is -2.26. The molecule has 2 aromatic rings. The van der Waals surface area contributed by atoms with Gasteiger partial charge in [0.1, 0.15) is 42.6 Å². The van der Waals surface area contributed by atoms with Crippen LogP contribution in [0.2, 0.25) is 0 Å². The molecule has 0 saturated heterocycles. The summed E-state index contributed by atoms with van der Waals surface area (Å²) in [5.74, 6) is -14.5. The zero-order chi connectivity index (χ0) is 58.4. The largest absolute Gasteiger partial charge is 0.489 e. The van der Waals surface area contributed by atoms with E-state index >= 15 is 8.78 Å². The number of rotatable bonds is 25. The summed E-state index contributed by atoms with van der Waals surface area (Å²) in [6.45, 7) is 0.0338. The Morgan fingerprint density at radius 3 is 1.69 bits per heavy atom. The molecule has 0 radical (unpaired) electrons. The zero-order valence-electron chi connectivity index (χ0n) is 44.0. The standard InChI is InChI=1S/C51H56F2N2O25/c1-26(56)68-22-72-46(62)18-54(19-47(63)73-23-69-27(2)57)10-11-67-39-8-7-9-40(39)78-45-12-32-33(15-38(45)55(20-48(64)74-24-70-28(3)58)21-49(65)75-25-71-29(4)59)51(80-50(32)66)34-13-36(52)43(76-30(5)60)16-41(34)79-42-17-44(77-31(6)61)37(53)14-35(42)51/h12-16,35,39-40,42,44H,7-11,17-25H2,1-6H3/t35?,39-,40+,42?,44?,51?/m0/s1. The average Bonchev–Trinajstić information content (AvgIpc) is 3.42. The molecule has 6 rings (SSSR count). The second kappa shape index (κ2) is 27.4. The molecule has 27 nitrogen and oxygen atoms in total. The van der Waals surface area contributed by atoms with Crippen molar-refractivity contribution in [3.8, 4) is 17.2 Å². The van der Waals surface area contributed by atoms with Crippen molar-refractivity contribution in [1.29, 1.82) is 0 Å². The first-order valence-electron chi connectivity index (χ1n) is 24.5. The first-order chi connectivity index (χ1) is 37.9. The van der Waals surface area contributed by atoms with Crippen LogP contribution in [-0.2, 0) is 106 Å². The Bertz CT molecular complexity index is 2720. The van der Waals surface area contributed by atoms with Gasteiger partial charge in [0.05, 0.1) is 43.0 Å². The van der Waals surface area contributed by atoms with Gasteiger partial charge in [-0.25, -0.2) is 13.6 Å². The van der Waals surface area contributed by atoms with Crippen molar-refractivity contribution in [2.75, 3.05) is 71.4 Å². The Morgan fingerprint density at radius 1 is 0.625 bits per heavy atom. The van der Waals surface area contributed by atoms with Crippen LogP contribution in [0.15, 0.2) is 36.2 Å². The molecule has 2 aliphatic heterocycles. The van der Waals surface area contributed by atoms with Crippen molar-refractivity contribution in [2.45, 2.75) is 97.2 Å². The first kappa shape index (κ1) is 60.8. The molecule has 29 heteroatoms. The Kier molecular flexibility index (Phi) is 20.8. The van der Waals surface area contributed by atoms with Crippen molar-refractivity contribution in [3.63, 3.8) is 0 Å². The predicted molar refractivity (Wildman–Crippen MR) is 255 cm³/mol. The third-order valence-corrected chi connectivity index (χ3v) is 12.2. The summed E-state index contributed by atoms with van der Waals surface area (Å²) < 4.78 is 107. The molecule has 434 valence electrons. The fraction of sp³-hybridized carbons (Fsp3) is 0.510. The first-order valence-corrected chi connectivity index (χ1v) is 24.5. The van der Waals surface area contributed by atoms with E-state index in [-0.39, 0.29) is 59.9 Å². The van der Waals surface area contributed by atoms with Crippen molar-refractivity contribution < 1.29 is 128 Å². The van der Waals surface area contributed by atoms with Gasteiger partial charge in [-0.1, -0.05) is 0 Å². The molecule has 6 atom stereocenters. The quantitative estimate of drug-likeness (QED) is 0.0596. The molecule has 2 heterocycles. The van der Waals surface area contributed by atoms with Crippen LogP contribution in [0.5, 0.6) is 17.2 Å². The zero-order valence-corrected chi connectivity index (χ0v) is 44.0. The van der Waals surface area contributed by atoms with Crippen LogP contribution in [-0.4, -0.2) is 161 Å². The maximum Gasteiger partial charge on any atom is 0.339 e. The van der Waals surface area contributed by atoms with Crippen LogP contribution in [0, 0.1) is 11.7 Å². The lowest BCUT2D eigenvalue weighted by Crippen LogP contribution is -2.51. The van der Waals surface area contributed by atoms with Crippen LogP contribution < -0.4 is 19.1 Å². The van der Waals surface area contributed by atoms with E-state index in [2.05, 4.69) is 9.47 Å². The van der Waals surface area contributed by atoms with E-state index in [4.69, 9.17) is 56.8 Å². The molecule has 0 N–H and O–H groups in total. The molecule has 0 bridgehead atoms. The summed E-state index contributed by atoms with van der Waals surface area (Å²) in [6.07, 6.45) is -2.75. The predicted octanol–water partition coefficient (Wildman–Crippen LogP) is 2.41. The molecule has 1 spiro atoms. The number of halogens is 2. The van der Waals surface area contributed by atoms with Crippen LogP contribution in [0.3, 0.4) is 0 Å². The third-order valence-electron chi connectivity index (χ3n) is 12.2. The molecule has 1 saturated carbocycles. The molecule has 1 fully saturated rings. The van der Waals surface area contributed by atoms with Crippen LogP contribution in [0.25, 0.3) is 0 Å². The number of benzene rings is 2. The monoisotopic (exact) mass is 1130 g/mol. The fourth-order valence-corrected chi connectivity index (χ4v) is 8.98. The van der Waals surface area contributed by atoms with E-state index in [9.17, 15) is 52.7 Å². The van der Waals surface area contributed by atoms with Gasteiger partial charge >= 0.3 is 65.7 Å². The highest BCUT2D eigenvalue weighted by Crippen LogP contribution is 2.59. The SMILES string of the molecule is CC(=O)OCOC(=O)CN(CCO[C@H]1CCC[C@H]1Oc1cc2c(cc1N(CC(=O)OCOC(C)=O)CC(=O)OCOC(C)=O)C1(OC2=O)c2cc(F)c(OC(C)=O)cc2OC2CC(OC(C)=O)C(F)=CC21)CC(=O)OCOC(C)=O. The number of nitrogens with zero attached hydrogens (tertiary/aromatic N) is 2. The number of hydrogen-bond acceptors (Lipinski definition) is 27. The molecular weight excluding hydrogens is 1080 g/mol. The minimum absolute atomic E-state index is 0.136. The van der Waals surface area contributed by atoms with E-state index < -0.39 is 172 Å². The summed E-state index contributed by atoms with van der Waals surface area (Å²) in [5.41, 5.74) is -3.09. The van der Waals surface area contributed by atoms with Gasteiger partial charge in [0.15, 0.2) is 23.3 Å². The third kappa shape index (κ3) is 16.1. The van der Waals surface area contributed by atoms with E-state index in [1.54, 1.807) is 0 Å². The van der Waals surface area contributed by atoms with Gasteiger partial charge in [-0.2, -0.15) is 0 Å². The fourth-order valence-electron chi connectivity index (χ4n) is 8.98. The molecular formula is C51H56F2N2O25. The highest BCUT2D eigenvalue weighted by Gasteiger charge is 2.61. The van der Waals surface area contributed by atoms with Gasteiger partial charge < -0.3 is 71.2 Å². The van der Waals surface area contributed by atoms with E-state index in [0.29, 0.717) is 12.8 Å². The second-order valence-electron chi connectivity index (χ2n) is 18.1. The van der Waals surface area contributed by atoms with Crippen LogP contribution in [0.1, 0.15) is 88.7 Å². The maximum atomic E-state index is 16.2.